The van der Waals surface area contributed by atoms with E-state index in [-0.39, 0.29) is 5.82 Å². The Morgan fingerprint density at radius 3 is 3.00 bits per heavy atom. The van der Waals surface area contributed by atoms with Crippen LogP contribution in [0, 0.1) is 12.7 Å². The van der Waals surface area contributed by atoms with Crippen molar-refractivity contribution in [2.45, 2.75) is 51.0 Å². The van der Waals surface area contributed by atoms with Crippen LogP contribution in [0.2, 0.25) is 0 Å². The van der Waals surface area contributed by atoms with E-state index in [1.807, 2.05) is 13.0 Å². The number of ether oxygens (including phenoxy) is 1. The molecule has 2 heterocycles. The average Bonchev–Trinajstić information content (AvgIpc) is 2.92. The van der Waals surface area contributed by atoms with Crippen molar-refractivity contribution in [2.24, 2.45) is 0 Å². The summed E-state index contributed by atoms with van der Waals surface area (Å²) in [4.78, 5) is 0. The highest BCUT2D eigenvalue weighted by molar-refractivity contribution is 5.26. The fourth-order valence-corrected chi connectivity index (χ4v) is 2.92. The summed E-state index contributed by atoms with van der Waals surface area (Å²) >= 11 is 0. The van der Waals surface area contributed by atoms with Crippen LogP contribution in [0.4, 0.5) is 4.39 Å². The number of rotatable bonds is 3. The van der Waals surface area contributed by atoms with Gasteiger partial charge in [-0.05, 0) is 49.4 Å². The van der Waals surface area contributed by atoms with Crippen LogP contribution < -0.4 is 5.32 Å². The monoisotopic (exact) mass is 235 g/mol. The Morgan fingerprint density at radius 1 is 1.41 bits per heavy atom. The number of nitrogens with one attached hydrogen (secondary N) is 1. The zero-order valence-electron chi connectivity index (χ0n) is 10.1. The van der Waals surface area contributed by atoms with Gasteiger partial charge in [0, 0.05) is 12.6 Å². The molecule has 2 nitrogen and oxygen atoms in total. The smallest absolute Gasteiger partial charge is 0.123 e. The first-order valence-electron chi connectivity index (χ1n) is 6.36. The van der Waals surface area contributed by atoms with E-state index in [2.05, 4.69) is 5.32 Å². The molecule has 0 spiro atoms. The molecule has 3 atom stereocenters. The summed E-state index contributed by atoms with van der Waals surface area (Å²) in [6.07, 6.45) is 4.34. The van der Waals surface area contributed by atoms with Gasteiger partial charge < -0.3 is 10.1 Å². The number of hydrogen-bond donors (Lipinski definition) is 1. The van der Waals surface area contributed by atoms with Crippen molar-refractivity contribution in [1.82, 2.24) is 5.32 Å². The van der Waals surface area contributed by atoms with Crippen molar-refractivity contribution in [3.05, 3.63) is 35.1 Å². The molecule has 0 saturated carbocycles. The maximum atomic E-state index is 13.1. The van der Waals surface area contributed by atoms with Crippen LogP contribution in [-0.4, -0.2) is 18.2 Å². The van der Waals surface area contributed by atoms with Crippen molar-refractivity contribution >= 4 is 0 Å². The largest absolute Gasteiger partial charge is 0.373 e. The van der Waals surface area contributed by atoms with Crippen LogP contribution in [0.3, 0.4) is 0 Å². The molecular formula is C14H18FNO. The zero-order valence-corrected chi connectivity index (χ0v) is 10.1. The average molecular weight is 235 g/mol. The summed E-state index contributed by atoms with van der Waals surface area (Å²) in [7, 11) is 0. The van der Waals surface area contributed by atoms with E-state index < -0.39 is 0 Å². The predicted molar refractivity (Wildman–Crippen MR) is 64.3 cm³/mol. The Kier molecular flexibility index (Phi) is 2.89. The van der Waals surface area contributed by atoms with Crippen LogP contribution in [0.5, 0.6) is 0 Å². The number of hydrogen-bond acceptors (Lipinski definition) is 2. The minimum atomic E-state index is -0.156. The van der Waals surface area contributed by atoms with Gasteiger partial charge in [-0.1, -0.05) is 6.07 Å². The molecule has 92 valence electrons. The Hall–Kier alpha value is -0.930. The molecule has 2 saturated heterocycles. The van der Waals surface area contributed by atoms with Crippen molar-refractivity contribution in [3.63, 3.8) is 0 Å². The maximum absolute atomic E-state index is 13.1. The van der Waals surface area contributed by atoms with Crippen LogP contribution in [0.1, 0.15) is 30.4 Å². The van der Waals surface area contributed by atoms with Gasteiger partial charge in [-0.3, -0.25) is 0 Å². The van der Waals surface area contributed by atoms with Gasteiger partial charge in [-0.2, -0.15) is 0 Å². The third kappa shape index (κ3) is 2.22. The lowest BCUT2D eigenvalue weighted by atomic mass is 9.95. The molecule has 17 heavy (non-hydrogen) atoms. The first kappa shape index (κ1) is 11.2. The van der Waals surface area contributed by atoms with Gasteiger partial charge in [0.15, 0.2) is 0 Å². The van der Waals surface area contributed by atoms with Gasteiger partial charge >= 0.3 is 0 Å². The van der Waals surface area contributed by atoms with E-state index in [0.29, 0.717) is 18.2 Å². The highest BCUT2D eigenvalue weighted by atomic mass is 19.1. The van der Waals surface area contributed by atoms with Crippen LogP contribution >= 0.6 is 0 Å². The Balaban J connectivity index is 1.62. The van der Waals surface area contributed by atoms with Gasteiger partial charge in [-0.15, -0.1) is 0 Å². The minimum Gasteiger partial charge on any atom is -0.373 e. The van der Waals surface area contributed by atoms with E-state index in [0.717, 1.165) is 24.1 Å². The van der Waals surface area contributed by atoms with Gasteiger partial charge in [0.25, 0.3) is 0 Å². The lowest BCUT2D eigenvalue weighted by Gasteiger charge is -2.20. The molecule has 2 bridgehead atoms. The Labute approximate surface area is 101 Å². The summed E-state index contributed by atoms with van der Waals surface area (Å²) in [5.74, 6) is -0.156. The third-order valence-corrected chi connectivity index (χ3v) is 3.97. The number of aryl methyl sites for hydroxylation is 1. The molecular weight excluding hydrogens is 217 g/mol. The summed E-state index contributed by atoms with van der Waals surface area (Å²) in [6, 6.07) is 5.43. The second kappa shape index (κ2) is 4.39. The molecule has 0 radical (unpaired) electrons. The first-order chi connectivity index (χ1) is 8.22. The van der Waals surface area contributed by atoms with Crippen molar-refractivity contribution in [1.29, 1.82) is 0 Å². The molecule has 1 aromatic rings. The van der Waals surface area contributed by atoms with Gasteiger partial charge in [-0.25, -0.2) is 4.39 Å². The van der Waals surface area contributed by atoms with Gasteiger partial charge in [0.2, 0.25) is 0 Å². The minimum absolute atomic E-state index is 0.156. The van der Waals surface area contributed by atoms with E-state index in [1.54, 1.807) is 6.07 Å². The van der Waals surface area contributed by atoms with Crippen molar-refractivity contribution < 1.29 is 9.13 Å². The lowest BCUT2D eigenvalue weighted by Crippen LogP contribution is -2.37. The summed E-state index contributed by atoms with van der Waals surface area (Å²) in [5, 5.41) is 3.51. The van der Waals surface area contributed by atoms with Crippen molar-refractivity contribution in [2.75, 3.05) is 0 Å². The van der Waals surface area contributed by atoms with Crippen molar-refractivity contribution in [3.8, 4) is 0 Å². The summed E-state index contributed by atoms with van der Waals surface area (Å²) in [5.41, 5.74) is 2.19. The molecule has 0 unspecified atom stereocenters. The fraction of sp³-hybridized carbons (Fsp3) is 0.571. The topological polar surface area (TPSA) is 21.3 Å². The number of fused-ring (bicyclic) bond motifs is 2. The molecule has 2 aliphatic heterocycles. The number of halogens is 1. The third-order valence-electron chi connectivity index (χ3n) is 3.97. The SMILES string of the molecule is Cc1ccc(F)cc1CN[C@H]1C[C@@H]2CC[C@@H]1O2. The Bertz CT molecular complexity index is 421. The van der Waals surface area contributed by atoms with E-state index in [9.17, 15) is 4.39 Å². The normalized spacial score (nSPS) is 31.1. The number of benzene rings is 1. The predicted octanol–water partition coefficient (Wildman–Crippen LogP) is 2.54. The standard InChI is InChI=1S/C14H18FNO/c1-9-2-3-11(15)6-10(9)8-16-13-7-12-4-5-14(13)17-12/h2-3,6,12-14,16H,4-5,7-8H2,1H3/t12-,13-,14-/m0/s1. The molecule has 2 aliphatic rings. The van der Waals surface area contributed by atoms with E-state index in [1.165, 1.54) is 18.9 Å². The molecule has 0 aromatic heterocycles. The molecule has 1 aromatic carbocycles. The second-order valence-electron chi connectivity index (χ2n) is 5.17. The van der Waals surface area contributed by atoms with Crippen LogP contribution in [0.25, 0.3) is 0 Å². The summed E-state index contributed by atoms with van der Waals surface area (Å²) in [6.45, 7) is 2.76. The fourth-order valence-electron chi connectivity index (χ4n) is 2.92. The molecule has 0 amide bonds. The highest BCUT2D eigenvalue weighted by Crippen LogP contribution is 2.34. The van der Waals surface area contributed by atoms with E-state index >= 15 is 0 Å². The molecule has 3 rings (SSSR count). The lowest BCUT2D eigenvalue weighted by molar-refractivity contribution is 0.0973. The molecule has 1 N–H and O–H groups in total. The van der Waals surface area contributed by atoms with Crippen LogP contribution in [0.15, 0.2) is 18.2 Å². The highest BCUT2D eigenvalue weighted by Gasteiger charge is 2.40. The quantitative estimate of drug-likeness (QED) is 0.869. The van der Waals surface area contributed by atoms with E-state index in [4.69, 9.17) is 4.74 Å². The maximum Gasteiger partial charge on any atom is 0.123 e. The second-order valence-corrected chi connectivity index (χ2v) is 5.17. The van der Waals surface area contributed by atoms with Crippen LogP contribution in [-0.2, 0) is 11.3 Å². The van der Waals surface area contributed by atoms with Gasteiger partial charge in [0.05, 0.1) is 12.2 Å². The molecule has 2 fully saturated rings. The first-order valence-corrected chi connectivity index (χ1v) is 6.36. The molecule has 0 aliphatic carbocycles. The molecule has 3 heteroatoms. The Morgan fingerprint density at radius 2 is 2.29 bits per heavy atom. The van der Waals surface area contributed by atoms with Gasteiger partial charge in [0.1, 0.15) is 5.82 Å². The summed E-state index contributed by atoms with van der Waals surface area (Å²) < 4.78 is 18.9. The zero-order chi connectivity index (χ0) is 11.8.